The molecule has 0 atom stereocenters. The summed E-state index contributed by atoms with van der Waals surface area (Å²) < 4.78 is 6.01. The quantitative estimate of drug-likeness (QED) is 0.794. The minimum Gasteiger partial charge on any atom is -0.373 e. The third-order valence-electron chi connectivity index (χ3n) is 5.42. The van der Waals surface area contributed by atoms with Crippen molar-refractivity contribution in [3.05, 3.63) is 35.9 Å². The number of benzene rings is 1. The van der Waals surface area contributed by atoms with Crippen LogP contribution in [0.25, 0.3) is 0 Å². The van der Waals surface area contributed by atoms with Gasteiger partial charge in [0.1, 0.15) is 0 Å². The lowest BCUT2D eigenvalue weighted by atomic mass is 9.93. The van der Waals surface area contributed by atoms with E-state index in [1.54, 1.807) is 7.11 Å². The molecule has 2 aliphatic rings. The van der Waals surface area contributed by atoms with E-state index >= 15 is 0 Å². The molecule has 0 N–H and O–H groups in total. The topological polar surface area (TPSA) is 42.0 Å². The van der Waals surface area contributed by atoms with E-state index in [0.29, 0.717) is 24.9 Å². The molecule has 1 aromatic carbocycles. The second-order valence-electron chi connectivity index (χ2n) is 7.14. The summed E-state index contributed by atoms with van der Waals surface area (Å²) in [5.41, 5.74) is 1.21. The summed E-state index contributed by atoms with van der Waals surface area (Å²) in [6.45, 7) is 4.19. The average Bonchev–Trinajstić information content (AvgIpc) is 2.68. The predicted molar refractivity (Wildman–Crippen MR) is 96.8 cm³/mol. The number of rotatable bonds is 6. The van der Waals surface area contributed by atoms with Gasteiger partial charge in [-0.2, -0.15) is 5.06 Å². The first-order valence-corrected chi connectivity index (χ1v) is 9.47. The Bertz CT molecular complexity index is 521. The number of likely N-dealkylation sites (tertiary alicyclic amines) is 1. The van der Waals surface area contributed by atoms with Gasteiger partial charge in [0.2, 0.25) is 5.91 Å². The van der Waals surface area contributed by atoms with E-state index in [0.717, 1.165) is 51.9 Å². The van der Waals surface area contributed by atoms with Gasteiger partial charge in [0.05, 0.1) is 19.8 Å². The number of nitrogens with zero attached hydrogens (tertiary/aromatic N) is 2. The summed E-state index contributed by atoms with van der Waals surface area (Å²) >= 11 is 0. The Morgan fingerprint density at radius 3 is 2.36 bits per heavy atom. The maximum absolute atomic E-state index is 12.5. The van der Waals surface area contributed by atoms with E-state index in [9.17, 15) is 4.79 Å². The van der Waals surface area contributed by atoms with E-state index in [-0.39, 0.29) is 6.10 Å². The Labute approximate surface area is 150 Å². The molecular formula is C20H30N2O3. The van der Waals surface area contributed by atoms with Gasteiger partial charge in [-0.1, -0.05) is 30.3 Å². The zero-order chi connectivity index (χ0) is 17.5. The van der Waals surface area contributed by atoms with Crippen LogP contribution in [-0.2, 0) is 21.0 Å². The van der Waals surface area contributed by atoms with Gasteiger partial charge in [-0.3, -0.25) is 4.79 Å². The molecule has 2 heterocycles. The van der Waals surface area contributed by atoms with Gasteiger partial charge in [-0.25, -0.2) is 0 Å². The number of amides is 1. The molecule has 2 aliphatic heterocycles. The van der Waals surface area contributed by atoms with Crippen molar-refractivity contribution in [1.82, 2.24) is 9.96 Å². The number of hydrogen-bond donors (Lipinski definition) is 0. The van der Waals surface area contributed by atoms with E-state index in [4.69, 9.17) is 9.57 Å². The van der Waals surface area contributed by atoms with E-state index < -0.39 is 0 Å². The van der Waals surface area contributed by atoms with Crippen LogP contribution in [0.2, 0.25) is 0 Å². The molecule has 2 saturated heterocycles. The number of hydrogen-bond acceptors (Lipinski definition) is 4. The van der Waals surface area contributed by atoms with Crippen LogP contribution in [0.1, 0.15) is 37.7 Å². The number of carbonyl (C=O) groups is 1. The Morgan fingerprint density at radius 2 is 1.72 bits per heavy atom. The van der Waals surface area contributed by atoms with Crippen LogP contribution in [0.5, 0.6) is 0 Å². The number of piperidine rings is 2. The first-order valence-electron chi connectivity index (χ1n) is 9.47. The highest BCUT2D eigenvalue weighted by Crippen LogP contribution is 2.23. The van der Waals surface area contributed by atoms with Crippen molar-refractivity contribution in [3.8, 4) is 0 Å². The van der Waals surface area contributed by atoms with Crippen molar-refractivity contribution < 1.29 is 14.4 Å². The highest BCUT2D eigenvalue weighted by molar-refractivity contribution is 5.76. The third kappa shape index (κ3) is 5.53. The SMILES string of the molecule is CON1CCC(CC(=O)N2CCC(OCc3ccccc3)CC2)CC1. The summed E-state index contributed by atoms with van der Waals surface area (Å²) in [6.07, 6.45) is 4.95. The molecule has 0 radical (unpaired) electrons. The third-order valence-corrected chi connectivity index (χ3v) is 5.42. The molecule has 2 fully saturated rings. The normalized spacial score (nSPS) is 20.8. The van der Waals surface area contributed by atoms with Crippen LogP contribution in [0.4, 0.5) is 0 Å². The van der Waals surface area contributed by atoms with Gasteiger partial charge in [0.15, 0.2) is 0 Å². The van der Waals surface area contributed by atoms with Crippen molar-refractivity contribution in [1.29, 1.82) is 0 Å². The van der Waals surface area contributed by atoms with Crippen molar-refractivity contribution in [2.75, 3.05) is 33.3 Å². The van der Waals surface area contributed by atoms with Crippen LogP contribution in [0.15, 0.2) is 30.3 Å². The molecule has 1 amide bonds. The second kappa shape index (κ2) is 9.32. The van der Waals surface area contributed by atoms with Gasteiger partial charge in [-0.15, -0.1) is 0 Å². The van der Waals surface area contributed by atoms with E-state index in [2.05, 4.69) is 12.1 Å². The smallest absolute Gasteiger partial charge is 0.222 e. The van der Waals surface area contributed by atoms with Crippen LogP contribution in [0, 0.1) is 5.92 Å². The highest BCUT2D eigenvalue weighted by atomic mass is 16.7. The molecule has 25 heavy (non-hydrogen) atoms. The molecule has 0 unspecified atom stereocenters. The monoisotopic (exact) mass is 346 g/mol. The lowest BCUT2D eigenvalue weighted by Crippen LogP contribution is -2.42. The number of carbonyl (C=O) groups excluding carboxylic acids is 1. The first-order chi connectivity index (χ1) is 12.2. The minimum absolute atomic E-state index is 0.272. The summed E-state index contributed by atoms with van der Waals surface area (Å²) in [7, 11) is 1.72. The van der Waals surface area contributed by atoms with Crippen LogP contribution >= 0.6 is 0 Å². The Morgan fingerprint density at radius 1 is 1.04 bits per heavy atom. The Hall–Kier alpha value is -1.43. The largest absolute Gasteiger partial charge is 0.373 e. The van der Waals surface area contributed by atoms with Crippen LogP contribution in [0.3, 0.4) is 0 Å². The molecule has 3 rings (SSSR count). The minimum atomic E-state index is 0.272. The molecule has 5 heteroatoms. The van der Waals surface area contributed by atoms with Gasteiger partial charge in [0, 0.05) is 32.6 Å². The predicted octanol–water partition coefficient (Wildman–Crippen LogP) is 2.86. The number of ether oxygens (including phenoxy) is 1. The summed E-state index contributed by atoms with van der Waals surface area (Å²) in [5.74, 6) is 0.823. The zero-order valence-corrected chi connectivity index (χ0v) is 15.2. The fourth-order valence-corrected chi connectivity index (χ4v) is 3.73. The molecule has 0 aromatic heterocycles. The molecule has 0 saturated carbocycles. The van der Waals surface area contributed by atoms with Gasteiger partial charge in [0.25, 0.3) is 0 Å². The van der Waals surface area contributed by atoms with Gasteiger partial charge in [-0.05, 0) is 37.2 Å². The summed E-state index contributed by atoms with van der Waals surface area (Å²) in [6, 6.07) is 10.3. The Balaban J connectivity index is 1.35. The summed E-state index contributed by atoms with van der Waals surface area (Å²) in [4.78, 5) is 19.8. The Kier molecular flexibility index (Phi) is 6.84. The fraction of sp³-hybridized carbons (Fsp3) is 0.650. The van der Waals surface area contributed by atoms with Crippen molar-refractivity contribution >= 4 is 5.91 Å². The first kappa shape index (κ1) is 18.4. The molecule has 138 valence electrons. The average molecular weight is 346 g/mol. The van der Waals surface area contributed by atoms with Crippen LogP contribution < -0.4 is 0 Å². The molecular weight excluding hydrogens is 316 g/mol. The maximum Gasteiger partial charge on any atom is 0.222 e. The van der Waals surface area contributed by atoms with Crippen molar-refractivity contribution in [2.24, 2.45) is 5.92 Å². The van der Waals surface area contributed by atoms with Gasteiger partial charge >= 0.3 is 0 Å². The second-order valence-corrected chi connectivity index (χ2v) is 7.14. The molecule has 0 aliphatic carbocycles. The molecule has 0 bridgehead atoms. The van der Waals surface area contributed by atoms with Gasteiger partial charge < -0.3 is 14.5 Å². The lowest BCUT2D eigenvalue weighted by molar-refractivity contribution is -0.152. The van der Waals surface area contributed by atoms with Crippen LogP contribution in [-0.4, -0.2) is 55.3 Å². The molecule has 1 aromatic rings. The number of hydroxylamine groups is 2. The van der Waals surface area contributed by atoms with Crippen molar-refractivity contribution in [2.45, 2.75) is 44.8 Å². The molecule has 0 spiro atoms. The van der Waals surface area contributed by atoms with E-state index in [1.807, 2.05) is 28.2 Å². The van der Waals surface area contributed by atoms with E-state index in [1.165, 1.54) is 5.56 Å². The summed E-state index contributed by atoms with van der Waals surface area (Å²) in [5, 5.41) is 1.98. The van der Waals surface area contributed by atoms with Crippen molar-refractivity contribution in [3.63, 3.8) is 0 Å². The highest BCUT2D eigenvalue weighted by Gasteiger charge is 2.27. The maximum atomic E-state index is 12.5. The standard InChI is InChI=1S/C20H30N2O3/c1-24-22-13-7-17(8-14-22)15-20(23)21-11-9-19(10-12-21)25-16-18-5-3-2-4-6-18/h2-6,17,19H,7-16H2,1H3. The fourth-order valence-electron chi connectivity index (χ4n) is 3.73. The molecule has 5 nitrogen and oxygen atoms in total. The lowest BCUT2D eigenvalue weighted by Gasteiger charge is -2.34. The zero-order valence-electron chi connectivity index (χ0n) is 15.2.